The molecular formula is C21H15ClN4O4. The fourth-order valence-corrected chi connectivity index (χ4v) is 3.09. The number of halogens is 1. The molecule has 3 heterocycles. The summed E-state index contributed by atoms with van der Waals surface area (Å²) in [6, 6.07) is 13.7. The molecule has 1 N–H and O–H groups in total. The predicted octanol–water partition coefficient (Wildman–Crippen LogP) is 3.19. The van der Waals surface area contributed by atoms with Gasteiger partial charge in [-0.05, 0) is 30.3 Å². The van der Waals surface area contributed by atoms with Crippen LogP contribution in [0.25, 0.3) is 5.52 Å². The Kier molecular flexibility index (Phi) is 5.28. The molecule has 30 heavy (non-hydrogen) atoms. The van der Waals surface area contributed by atoms with Crippen LogP contribution in [0.15, 0.2) is 70.6 Å². The summed E-state index contributed by atoms with van der Waals surface area (Å²) in [5.74, 6) is 1.37. The number of benzene rings is 1. The maximum atomic E-state index is 11.8. The molecule has 0 spiro atoms. The summed E-state index contributed by atoms with van der Waals surface area (Å²) in [6.07, 6.45) is 4.94. The molecule has 0 saturated heterocycles. The van der Waals surface area contributed by atoms with Crippen LogP contribution in [0.3, 0.4) is 0 Å². The number of hydrogen-bond acceptors (Lipinski definition) is 5. The number of aromatic nitrogens is 3. The summed E-state index contributed by atoms with van der Waals surface area (Å²) in [4.78, 5) is 25.1. The molecule has 3 aromatic heterocycles. The lowest BCUT2D eigenvalue weighted by atomic mass is 10.3. The van der Waals surface area contributed by atoms with Gasteiger partial charge in [0.05, 0.1) is 17.6 Å². The van der Waals surface area contributed by atoms with Crippen molar-refractivity contribution in [1.82, 2.24) is 14.0 Å². The molecule has 150 valence electrons. The van der Waals surface area contributed by atoms with E-state index in [0.717, 1.165) is 5.52 Å². The molecule has 0 aliphatic rings. The number of nitrogens with one attached hydrogen (secondary N) is 1. The molecule has 0 amide bonds. The van der Waals surface area contributed by atoms with Crippen molar-refractivity contribution in [2.24, 2.45) is 0 Å². The molecule has 4 aromatic rings. The Morgan fingerprint density at radius 3 is 2.73 bits per heavy atom. The summed E-state index contributed by atoms with van der Waals surface area (Å²) < 4.78 is 15.0. The molecule has 0 unspecified atom stereocenters. The first-order chi connectivity index (χ1) is 14.5. The highest BCUT2D eigenvalue weighted by atomic mass is 35.5. The lowest BCUT2D eigenvalue weighted by Crippen LogP contribution is -2.30. The van der Waals surface area contributed by atoms with Crippen LogP contribution < -0.4 is 20.7 Å². The molecule has 0 saturated carbocycles. The Bertz CT molecular complexity index is 1380. The maximum absolute atomic E-state index is 11.8. The van der Waals surface area contributed by atoms with E-state index in [4.69, 9.17) is 26.3 Å². The Morgan fingerprint density at radius 1 is 1.07 bits per heavy atom. The zero-order valence-corrected chi connectivity index (χ0v) is 16.3. The molecule has 0 radical (unpaired) electrons. The zero-order valence-electron chi connectivity index (χ0n) is 15.5. The molecule has 1 aromatic carbocycles. The third-order valence-electron chi connectivity index (χ3n) is 4.34. The first kappa shape index (κ1) is 19.4. The van der Waals surface area contributed by atoms with Crippen molar-refractivity contribution >= 4 is 17.1 Å². The second kappa shape index (κ2) is 8.19. The van der Waals surface area contributed by atoms with Crippen LogP contribution in [0.2, 0.25) is 5.02 Å². The van der Waals surface area contributed by atoms with E-state index in [-0.39, 0.29) is 13.2 Å². The number of fused-ring (bicyclic) bond motifs is 1. The maximum Gasteiger partial charge on any atom is 0.328 e. The molecule has 4 rings (SSSR count). The van der Waals surface area contributed by atoms with E-state index in [0.29, 0.717) is 27.8 Å². The van der Waals surface area contributed by atoms with Gasteiger partial charge in [0.25, 0.3) is 5.56 Å². The number of pyridine rings is 1. The number of nitriles is 1. The quantitative estimate of drug-likeness (QED) is 0.514. The number of ether oxygens (including phenoxy) is 2. The van der Waals surface area contributed by atoms with E-state index in [1.54, 1.807) is 40.9 Å². The zero-order chi connectivity index (χ0) is 21.1. The molecular weight excluding hydrogens is 408 g/mol. The van der Waals surface area contributed by atoms with Crippen LogP contribution in [-0.2, 0) is 6.54 Å². The van der Waals surface area contributed by atoms with Crippen LogP contribution in [0, 0.1) is 11.3 Å². The number of rotatable bonds is 6. The largest absolute Gasteiger partial charge is 0.488 e. The normalized spacial score (nSPS) is 10.7. The third-order valence-corrected chi connectivity index (χ3v) is 4.57. The minimum Gasteiger partial charge on any atom is -0.488 e. The van der Waals surface area contributed by atoms with Gasteiger partial charge < -0.3 is 13.9 Å². The molecule has 9 heteroatoms. The van der Waals surface area contributed by atoms with Gasteiger partial charge in [-0.15, -0.1) is 0 Å². The second-order valence-corrected chi connectivity index (χ2v) is 6.79. The van der Waals surface area contributed by atoms with Crippen LogP contribution in [0.5, 0.6) is 17.2 Å². The average molecular weight is 423 g/mol. The predicted molar refractivity (Wildman–Crippen MR) is 110 cm³/mol. The summed E-state index contributed by atoms with van der Waals surface area (Å²) in [5.41, 5.74) is 0.281. The summed E-state index contributed by atoms with van der Waals surface area (Å²) >= 11 is 6.10. The summed E-state index contributed by atoms with van der Waals surface area (Å²) in [7, 11) is 0. The Morgan fingerprint density at radius 2 is 1.93 bits per heavy atom. The monoisotopic (exact) mass is 422 g/mol. The highest BCUT2D eigenvalue weighted by Crippen LogP contribution is 2.35. The number of H-pyrrole nitrogens is 1. The van der Waals surface area contributed by atoms with Gasteiger partial charge in [0, 0.05) is 35.7 Å². The molecule has 0 atom stereocenters. The number of nitrogens with zero attached hydrogens (tertiary/aromatic N) is 3. The first-order valence-electron chi connectivity index (χ1n) is 8.94. The minimum atomic E-state index is -0.512. The number of hydrogen-bond donors (Lipinski definition) is 1. The van der Waals surface area contributed by atoms with Crippen LogP contribution >= 0.6 is 11.6 Å². The molecule has 0 aliphatic heterocycles. The van der Waals surface area contributed by atoms with Gasteiger partial charge in [-0.1, -0.05) is 11.6 Å². The fraction of sp³-hybridized carbons (Fsp3) is 0.0952. The van der Waals surface area contributed by atoms with E-state index in [2.05, 4.69) is 11.1 Å². The average Bonchev–Trinajstić information content (AvgIpc) is 3.16. The first-order valence-corrected chi connectivity index (χ1v) is 9.32. The van der Waals surface area contributed by atoms with Gasteiger partial charge in [-0.2, -0.15) is 5.26 Å². The van der Waals surface area contributed by atoms with Crippen LogP contribution in [-0.4, -0.2) is 20.6 Å². The van der Waals surface area contributed by atoms with Crippen LogP contribution in [0.1, 0.15) is 5.56 Å². The second-order valence-electron chi connectivity index (χ2n) is 6.35. The van der Waals surface area contributed by atoms with Crippen molar-refractivity contribution in [1.29, 1.82) is 5.26 Å². The van der Waals surface area contributed by atoms with Gasteiger partial charge in [-0.3, -0.25) is 14.3 Å². The lowest BCUT2D eigenvalue weighted by Gasteiger charge is -2.14. The Balaban J connectivity index is 1.57. The van der Waals surface area contributed by atoms with Gasteiger partial charge in [0.2, 0.25) is 0 Å². The minimum absolute atomic E-state index is 0.149. The molecule has 0 fully saturated rings. The van der Waals surface area contributed by atoms with Crippen molar-refractivity contribution in [2.75, 3.05) is 6.61 Å². The summed E-state index contributed by atoms with van der Waals surface area (Å²) in [6.45, 7) is 0.373. The van der Waals surface area contributed by atoms with Crippen molar-refractivity contribution in [2.45, 2.75) is 6.54 Å². The van der Waals surface area contributed by atoms with Gasteiger partial charge in [0.1, 0.15) is 12.7 Å². The smallest absolute Gasteiger partial charge is 0.328 e. The molecule has 0 bridgehead atoms. The topological polar surface area (TPSA) is 102 Å². The summed E-state index contributed by atoms with van der Waals surface area (Å²) in [5, 5.41) is 9.60. The van der Waals surface area contributed by atoms with Crippen molar-refractivity contribution in [3.05, 3.63) is 92.5 Å². The molecule has 0 aliphatic carbocycles. The van der Waals surface area contributed by atoms with Crippen molar-refractivity contribution in [3.8, 4) is 23.3 Å². The van der Waals surface area contributed by atoms with Crippen molar-refractivity contribution < 1.29 is 9.47 Å². The Hall–Kier alpha value is -3.96. The van der Waals surface area contributed by atoms with E-state index in [1.807, 2.05) is 12.3 Å². The highest BCUT2D eigenvalue weighted by Gasteiger charge is 2.11. The fourth-order valence-electron chi connectivity index (χ4n) is 2.93. The van der Waals surface area contributed by atoms with E-state index >= 15 is 0 Å². The SMILES string of the molecule is N#Cc1cc2c(Oc3ccc(Cl)cc3OCCn3ccc(=O)[nH]c3=O)cccn2c1. The lowest BCUT2D eigenvalue weighted by molar-refractivity contribution is 0.283. The third kappa shape index (κ3) is 4.06. The van der Waals surface area contributed by atoms with E-state index in [1.165, 1.54) is 16.8 Å². The van der Waals surface area contributed by atoms with E-state index in [9.17, 15) is 9.59 Å². The van der Waals surface area contributed by atoms with Gasteiger partial charge >= 0.3 is 5.69 Å². The van der Waals surface area contributed by atoms with Gasteiger partial charge in [0.15, 0.2) is 17.2 Å². The van der Waals surface area contributed by atoms with E-state index < -0.39 is 11.2 Å². The van der Waals surface area contributed by atoms with Gasteiger partial charge in [-0.25, -0.2) is 4.79 Å². The standard InChI is InChI=1S/C21H15ClN4O4/c22-15-3-4-18(30-17-2-1-6-26-13-14(12-23)10-16(17)26)19(11-15)29-9-8-25-7-5-20(27)24-21(25)28/h1-7,10-11,13H,8-9H2,(H,24,27,28). The molecule has 8 nitrogen and oxygen atoms in total. The van der Waals surface area contributed by atoms with Crippen molar-refractivity contribution in [3.63, 3.8) is 0 Å². The Labute approximate surface area is 175 Å². The highest BCUT2D eigenvalue weighted by molar-refractivity contribution is 6.30. The number of aromatic amines is 1. The van der Waals surface area contributed by atoms with Crippen LogP contribution in [0.4, 0.5) is 0 Å².